The molecule has 0 radical (unpaired) electrons. The fourth-order valence-electron chi connectivity index (χ4n) is 4.51. The minimum atomic E-state index is -0.570. The molecular formula is C25H29FN4O4. The van der Waals surface area contributed by atoms with Crippen LogP contribution in [0.1, 0.15) is 59.0 Å². The molecule has 1 saturated heterocycles. The van der Waals surface area contributed by atoms with E-state index in [1.54, 1.807) is 11.6 Å². The number of carbonyl (C=O) groups excluding carboxylic acids is 1. The van der Waals surface area contributed by atoms with Crippen LogP contribution >= 0.6 is 0 Å². The minimum Gasteiger partial charge on any atom is -0.381 e. The molecule has 2 heterocycles. The van der Waals surface area contributed by atoms with Crippen molar-refractivity contribution < 1.29 is 18.8 Å². The first-order valence-electron chi connectivity index (χ1n) is 11.3. The van der Waals surface area contributed by atoms with Gasteiger partial charge in [-0.1, -0.05) is 6.07 Å². The number of nitrogens with zero attached hydrogens (tertiary/aromatic N) is 2. The van der Waals surface area contributed by atoms with Crippen LogP contribution in [-0.2, 0) is 16.6 Å². The molecule has 0 aliphatic carbocycles. The SMILES string of the molecule is CONC(=O)c1cc(F)ccc1NC(C)c1cc(C)cc2c(=O)n(C)c(C3CCOCC3)nc12. The third kappa shape index (κ3) is 4.67. The molecular weight excluding hydrogens is 439 g/mol. The number of amides is 1. The maximum atomic E-state index is 13.9. The Morgan fingerprint density at radius 3 is 2.71 bits per heavy atom. The maximum Gasteiger partial charge on any atom is 0.277 e. The van der Waals surface area contributed by atoms with Crippen molar-refractivity contribution in [3.8, 4) is 0 Å². The molecule has 1 aromatic heterocycles. The lowest BCUT2D eigenvalue weighted by molar-refractivity contribution is 0.0538. The van der Waals surface area contributed by atoms with Gasteiger partial charge in [-0.15, -0.1) is 0 Å². The topological polar surface area (TPSA) is 94.5 Å². The number of ether oxygens (including phenoxy) is 1. The molecule has 1 fully saturated rings. The van der Waals surface area contributed by atoms with Gasteiger partial charge in [-0.25, -0.2) is 14.9 Å². The highest BCUT2D eigenvalue weighted by molar-refractivity contribution is 5.99. The Labute approximate surface area is 197 Å². The minimum absolute atomic E-state index is 0.0921. The van der Waals surface area contributed by atoms with Gasteiger partial charge in [0.05, 0.1) is 29.6 Å². The summed E-state index contributed by atoms with van der Waals surface area (Å²) in [5.74, 6) is -0.207. The van der Waals surface area contributed by atoms with E-state index in [9.17, 15) is 14.0 Å². The van der Waals surface area contributed by atoms with Crippen LogP contribution in [0, 0.1) is 12.7 Å². The number of hydroxylamine groups is 1. The Bertz CT molecular complexity index is 1280. The highest BCUT2D eigenvalue weighted by atomic mass is 19.1. The van der Waals surface area contributed by atoms with Gasteiger partial charge in [0, 0.05) is 37.4 Å². The summed E-state index contributed by atoms with van der Waals surface area (Å²) in [6.45, 7) is 5.14. The van der Waals surface area contributed by atoms with Gasteiger partial charge in [0.25, 0.3) is 11.5 Å². The third-order valence-electron chi connectivity index (χ3n) is 6.23. The van der Waals surface area contributed by atoms with Crippen molar-refractivity contribution in [3.05, 3.63) is 69.0 Å². The van der Waals surface area contributed by atoms with Gasteiger partial charge in [-0.2, -0.15) is 0 Å². The van der Waals surface area contributed by atoms with Gasteiger partial charge >= 0.3 is 0 Å². The molecule has 180 valence electrons. The highest BCUT2D eigenvalue weighted by Crippen LogP contribution is 2.31. The van der Waals surface area contributed by atoms with E-state index in [1.807, 2.05) is 26.0 Å². The van der Waals surface area contributed by atoms with Gasteiger partial charge in [-0.05, 0) is 56.5 Å². The van der Waals surface area contributed by atoms with Crippen molar-refractivity contribution in [3.63, 3.8) is 0 Å². The number of aromatic nitrogens is 2. The predicted molar refractivity (Wildman–Crippen MR) is 127 cm³/mol. The van der Waals surface area contributed by atoms with Crippen LogP contribution in [0.3, 0.4) is 0 Å². The quantitative estimate of drug-likeness (QED) is 0.536. The zero-order valence-electron chi connectivity index (χ0n) is 19.8. The standard InChI is InChI=1S/C25H29FN4O4/c1-14-11-18(15(2)27-21-6-5-17(26)13-19(21)24(31)29-33-4)22-20(12-14)25(32)30(3)23(28-22)16-7-9-34-10-8-16/h5-6,11-13,15-16,27H,7-10H2,1-4H3,(H,29,31). The van der Waals surface area contributed by atoms with Gasteiger partial charge in [0.15, 0.2) is 0 Å². The molecule has 0 saturated carbocycles. The number of anilines is 1. The van der Waals surface area contributed by atoms with E-state index in [4.69, 9.17) is 14.6 Å². The van der Waals surface area contributed by atoms with E-state index in [-0.39, 0.29) is 23.1 Å². The summed E-state index contributed by atoms with van der Waals surface area (Å²) in [6.07, 6.45) is 1.63. The average Bonchev–Trinajstić information content (AvgIpc) is 2.83. The van der Waals surface area contributed by atoms with Crippen LogP contribution in [0.15, 0.2) is 35.1 Å². The first-order valence-corrected chi connectivity index (χ1v) is 11.3. The van der Waals surface area contributed by atoms with Crippen LogP contribution in [0.4, 0.5) is 10.1 Å². The molecule has 2 N–H and O–H groups in total. The first-order chi connectivity index (χ1) is 16.3. The lowest BCUT2D eigenvalue weighted by Crippen LogP contribution is -2.28. The van der Waals surface area contributed by atoms with Gasteiger partial charge < -0.3 is 10.1 Å². The Morgan fingerprint density at radius 1 is 1.26 bits per heavy atom. The zero-order valence-corrected chi connectivity index (χ0v) is 19.8. The number of rotatable bonds is 6. The summed E-state index contributed by atoms with van der Waals surface area (Å²) < 4.78 is 21.0. The molecule has 0 spiro atoms. The van der Waals surface area contributed by atoms with Crippen LogP contribution < -0.4 is 16.4 Å². The van der Waals surface area contributed by atoms with Crippen molar-refractivity contribution >= 4 is 22.5 Å². The third-order valence-corrected chi connectivity index (χ3v) is 6.23. The number of hydrogen-bond donors (Lipinski definition) is 2. The van der Waals surface area contributed by atoms with E-state index in [0.717, 1.165) is 35.9 Å². The summed E-state index contributed by atoms with van der Waals surface area (Å²) >= 11 is 0. The van der Waals surface area contributed by atoms with E-state index in [1.165, 1.54) is 19.2 Å². The lowest BCUT2D eigenvalue weighted by atomic mass is 9.97. The molecule has 1 amide bonds. The average molecular weight is 469 g/mol. The van der Waals surface area contributed by atoms with E-state index in [2.05, 4.69) is 10.8 Å². The zero-order chi connectivity index (χ0) is 24.4. The van der Waals surface area contributed by atoms with Crippen molar-refractivity contribution in [2.45, 2.75) is 38.6 Å². The summed E-state index contributed by atoms with van der Waals surface area (Å²) in [6, 6.07) is 7.44. The van der Waals surface area contributed by atoms with E-state index < -0.39 is 11.7 Å². The van der Waals surface area contributed by atoms with Gasteiger partial charge in [-0.3, -0.25) is 19.0 Å². The van der Waals surface area contributed by atoms with Crippen LogP contribution in [0.5, 0.6) is 0 Å². The Morgan fingerprint density at radius 2 is 2.00 bits per heavy atom. The molecule has 34 heavy (non-hydrogen) atoms. The predicted octanol–water partition coefficient (Wildman–Crippen LogP) is 3.74. The molecule has 3 aromatic rings. The van der Waals surface area contributed by atoms with Gasteiger partial charge in [0.1, 0.15) is 11.6 Å². The molecule has 1 aliphatic rings. The summed E-state index contributed by atoms with van der Waals surface area (Å²) in [5, 5.41) is 3.83. The second kappa shape index (κ2) is 9.90. The maximum absolute atomic E-state index is 13.9. The number of hydrogen-bond acceptors (Lipinski definition) is 6. The van der Waals surface area contributed by atoms with Crippen molar-refractivity contribution in [2.75, 3.05) is 25.6 Å². The highest BCUT2D eigenvalue weighted by Gasteiger charge is 2.24. The number of halogens is 1. The molecule has 1 unspecified atom stereocenters. The molecule has 9 heteroatoms. The smallest absolute Gasteiger partial charge is 0.277 e. The van der Waals surface area contributed by atoms with Crippen LogP contribution in [0.25, 0.3) is 10.9 Å². The van der Waals surface area contributed by atoms with Crippen molar-refractivity contribution in [1.29, 1.82) is 0 Å². The summed E-state index contributed by atoms with van der Waals surface area (Å²) in [7, 11) is 3.08. The fraction of sp³-hybridized carbons (Fsp3) is 0.400. The summed E-state index contributed by atoms with van der Waals surface area (Å²) in [4.78, 5) is 35.4. The van der Waals surface area contributed by atoms with Gasteiger partial charge in [0.2, 0.25) is 0 Å². The van der Waals surface area contributed by atoms with Crippen LogP contribution in [-0.4, -0.2) is 35.8 Å². The molecule has 1 aliphatic heterocycles. The second-order valence-electron chi connectivity index (χ2n) is 8.66. The van der Waals surface area contributed by atoms with Crippen LogP contribution in [0.2, 0.25) is 0 Å². The normalized spacial score (nSPS) is 15.3. The van der Waals surface area contributed by atoms with Crippen molar-refractivity contribution in [2.24, 2.45) is 7.05 Å². The number of aryl methyl sites for hydroxylation is 1. The van der Waals surface area contributed by atoms with Crippen molar-refractivity contribution in [1.82, 2.24) is 15.0 Å². The fourth-order valence-corrected chi connectivity index (χ4v) is 4.51. The number of carbonyl (C=O) groups is 1. The molecule has 2 aromatic carbocycles. The molecule has 1 atom stereocenters. The Kier molecular flexibility index (Phi) is 6.95. The monoisotopic (exact) mass is 468 g/mol. The van der Waals surface area contributed by atoms with E-state index >= 15 is 0 Å². The molecule has 8 nitrogen and oxygen atoms in total. The Hall–Kier alpha value is -3.30. The number of nitrogens with one attached hydrogen (secondary N) is 2. The molecule has 4 rings (SSSR count). The second-order valence-corrected chi connectivity index (χ2v) is 8.66. The Balaban J connectivity index is 1.79. The summed E-state index contributed by atoms with van der Waals surface area (Å²) in [5.41, 5.74) is 5.05. The lowest BCUT2D eigenvalue weighted by Gasteiger charge is -2.25. The largest absolute Gasteiger partial charge is 0.381 e. The first kappa shape index (κ1) is 23.8. The number of benzene rings is 2. The number of fused-ring (bicyclic) bond motifs is 1. The van der Waals surface area contributed by atoms with E-state index in [0.29, 0.717) is 29.8 Å². The molecule has 0 bridgehead atoms.